The minimum absolute atomic E-state index is 0.0854. The van der Waals surface area contributed by atoms with E-state index in [1.165, 1.54) is 16.7 Å². The van der Waals surface area contributed by atoms with Crippen LogP contribution in [-0.4, -0.2) is 37.8 Å². The SMILES string of the molecule is COc1ccc(CCNC(=O)/C(C#N)=C2/S[C@H](Cc3ccc(Br)cc3)C(=O)N2c2ccccc2)cc1OC. The van der Waals surface area contributed by atoms with Gasteiger partial charge in [-0.3, -0.25) is 14.5 Å². The molecule has 3 aromatic rings. The molecule has 1 aliphatic heterocycles. The van der Waals surface area contributed by atoms with Gasteiger partial charge in [-0.1, -0.05) is 64.1 Å². The van der Waals surface area contributed by atoms with Gasteiger partial charge in [-0.15, -0.1) is 0 Å². The Morgan fingerprint density at radius 2 is 1.71 bits per heavy atom. The Labute approximate surface area is 234 Å². The number of amides is 2. The first kappa shape index (κ1) is 27.3. The quantitative estimate of drug-likeness (QED) is 0.270. The third-order valence-electron chi connectivity index (χ3n) is 6.00. The van der Waals surface area contributed by atoms with Gasteiger partial charge in [0.15, 0.2) is 11.5 Å². The number of benzene rings is 3. The second kappa shape index (κ2) is 12.7. The normalized spacial score (nSPS) is 16.1. The van der Waals surface area contributed by atoms with E-state index < -0.39 is 11.2 Å². The van der Waals surface area contributed by atoms with Crippen molar-refractivity contribution in [3.8, 4) is 17.6 Å². The second-order valence-electron chi connectivity index (χ2n) is 8.43. The molecule has 0 unspecified atom stereocenters. The van der Waals surface area contributed by atoms with Crippen LogP contribution < -0.4 is 19.7 Å². The summed E-state index contributed by atoms with van der Waals surface area (Å²) in [4.78, 5) is 28.2. The monoisotopic (exact) mass is 591 g/mol. The lowest BCUT2D eigenvalue weighted by molar-refractivity contribution is -0.117. The summed E-state index contributed by atoms with van der Waals surface area (Å²) in [6, 6.07) is 24.5. The van der Waals surface area contributed by atoms with Crippen molar-refractivity contribution < 1.29 is 19.1 Å². The number of para-hydroxylation sites is 1. The van der Waals surface area contributed by atoms with Gasteiger partial charge in [0, 0.05) is 16.7 Å². The zero-order chi connectivity index (χ0) is 27.1. The van der Waals surface area contributed by atoms with E-state index in [9.17, 15) is 14.9 Å². The Kier molecular flexibility index (Phi) is 9.10. The summed E-state index contributed by atoms with van der Waals surface area (Å²) in [5.74, 6) is 0.546. The summed E-state index contributed by atoms with van der Waals surface area (Å²) in [7, 11) is 3.14. The Balaban J connectivity index is 1.55. The molecule has 1 heterocycles. The molecule has 1 N–H and O–H groups in total. The first-order chi connectivity index (χ1) is 18.4. The Morgan fingerprint density at radius 3 is 2.37 bits per heavy atom. The molecule has 0 aromatic heterocycles. The first-order valence-corrected chi connectivity index (χ1v) is 13.6. The van der Waals surface area contributed by atoms with Crippen LogP contribution in [0, 0.1) is 11.3 Å². The highest BCUT2D eigenvalue weighted by Gasteiger charge is 2.40. The van der Waals surface area contributed by atoms with E-state index in [1.807, 2.05) is 66.7 Å². The van der Waals surface area contributed by atoms with Crippen molar-refractivity contribution in [2.45, 2.75) is 18.1 Å². The van der Waals surface area contributed by atoms with E-state index in [-0.39, 0.29) is 11.5 Å². The van der Waals surface area contributed by atoms with Crippen molar-refractivity contribution in [3.63, 3.8) is 0 Å². The molecule has 7 nitrogen and oxygen atoms in total. The highest BCUT2D eigenvalue weighted by atomic mass is 79.9. The summed E-state index contributed by atoms with van der Waals surface area (Å²) in [6.45, 7) is 0.305. The molecule has 0 aliphatic carbocycles. The lowest BCUT2D eigenvalue weighted by Crippen LogP contribution is -2.32. The molecule has 0 spiro atoms. The van der Waals surface area contributed by atoms with Crippen LogP contribution in [0.4, 0.5) is 5.69 Å². The zero-order valence-electron chi connectivity index (χ0n) is 20.9. The number of nitrogens with zero attached hydrogens (tertiary/aromatic N) is 2. The standard InChI is InChI=1S/C29H26BrN3O4S/c1-36-24-13-10-20(16-25(24)37-2)14-15-32-27(34)23(18-31)29-33(22-6-4-3-5-7-22)28(35)26(38-29)17-19-8-11-21(30)12-9-19/h3-13,16,26H,14-15,17H2,1-2H3,(H,32,34)/b29-23+/t26-/m1/s1. The summed E-state index contributed by atoms with van der Waals surface area (Å²) < 4.78 is 11.6. The summed E-state index contributed by atoms with van der Waals surface area (Å²) in [5, 5.41) is 12.7. The molecule has 0 bridgehead atoms. The van der Waals surface area contributed by atoms with E-state index in [0.717, 1.165) is 15.6 Å². The van der Waals surface area contributed by atoms with Gasteiger partial charge in [-0.25, -0.2) is 0 Å². The highest BCUT2D eigenvalue weighted by Crippen LogP contribution is 2.42. The minimum atomic E-state index is -0.520. The van der Waals surface area contributed by atoms with Crippen LogP contribution in [0.3, 0.4) is 0 Å². The molecule has 2 amide bonds. The molecule has 9 heteroatoms. The molecule has 4 rings (SSSR count). The largest absolute Gasteiger partial charge is 0.493 e. The summed E-state index contributed by atoms with van der Waals surface area (Å²) >= 11 is 4.68. The maximum Gasteiger partial charge on any atom is 0.264 e. The Morgan fingerprint density at radius 1 is 1.03 bits per heavy atom. The van der Waals surface area contributed by atoms with Gasteiger partial charge < -0.3 is 14.8 Å². The molecule has 38 heavy (non-hydrogen) atoms. The number of nitrogens with one attached hydrogen (secondary N) is 1. The van der Waals surface area contributed by atoms with Crippen LogP contribution in [0.5, 0.6) is 11.5 Å². The number of hydrogen-bond acceptors (Lipinski definition) is 6. The number of anilines is 1. The number of ether oxygens (including phenoxy) is 2. The highest BCUT2D eigenvalue weighted by molar-refractivity contribution is 9.10. The van der Waals surface area contributed by atoms with Crippen LogP contribution in [0.25, 0.3) is 0 Å². The number of carbonyl (C=O) groups excluding carboxylic acids is 2. The number of rotatable bonds is 9. The van der Waals surface area contributed by atoms with Gasteiger partial charge in [0.25, 0.3) is 5.91 Å². The Bertz CT molecular complexity index is 1390. The average molecular weight is 593 g/mol. The number of methoxy groups -OCH3 is 2. The predicted molar refractivity (Wildman–Crippen MR) is 152 cm³/mol. The van der Waals surface area contributed by atoms with Gasteiger partial charge in [-0.2, -0.15) is 5.26 Å². The Hall–Kier alpha value is -3.74. The van der Waals surface area contributed by atoms with Crippen LogP contribution >= 0.6 is 27.7 Å². The number of halogens is 1. The molecule has 0 radical (unpaired) electrons. The lowest BCUT2D eigenvalue weighted by Gasteiger charge is -2.18. The predicted octanol–water partition coefficient (Wildman–Crippen LogP) is 5.25. The van der Waals surface area contributed by atoms with Gasteiger partial charge in [-0.05, 0) is 60.4 Å². The number of thioether (sulfide) groups is 1. The fraction of sp³-hybridized carbons (Fsp3) is 0.207. The third-order valence-corrected chi connectivity index (χ3v) is 7.79. The molecule has 1 fully saturated rings. The molecule has 194 valence electrons. The fourth-order valence-electron chi connectivity index (χ4n) is 4.08. The third kappa shape index (κ3) is 6.21. The van der Waals surface area contributed by atoms with Crippen LogP contribution in [-0.2, 0) is 22.4 Å². The van der Waals surface area contributed by atoms with Crippen molar-refractivity contribution in [3.05, 3.63) is 99.0 Å². The minimum Gasteiger partial charge on any atom is -0.493 e. The number of carbonyl (C=O) groups is 2. The van der Waals surface area contributed by atoms with E-state index >= 15 is 0 Å². The van der Waals surface area contributed by atoms with Gasteiger partial charge in [0.05, 0.1) is 19.5 Å². The molecule has 1 aliphatic rings. The summed E-state index contributed by atoms with van der Waals surface area (Å²) in [5.41, 5.74) is 2.47. The van der Waals surface area contributed by atoms with Gasteiger partial charge in [0.2, 0.25) is 5.91 Å². The lowest BCUT2D eigenvalue weighted by atomic mass is 10.1. The molecular formula is C29H26BrN3O4S. The van der Waals surface area contributed by atoms with Gasteiger partial charge >= 0.3 is 0 Å². The molecular weight excluding hydrogens is 566 g/mol. The molecule has 0 saturated carbocycles. The number of hydrogen-bond donors (Lipinski definition) is 1. The van der Waals surface area contributed by atoms with Crippen molar-refractivity contribution in [1.82, 2.24) is 5.32 Å². The average Bonchev–Trinajstić information content (AvgIpc) is 3.25. The van der Waals surface area contributed by atoms with E-state index in [2.05, 4.69) is 21.2 Å². The van der Waals surface area contributed by atoms with Crippen LogP contribution in [0.15, 0.2) is 87.9 Å². The van der Waals surface area contributed by atoms with Crippen molar-refractivity contribution >= 4 is 45.2 Å². The zero-order valence-corrected chi connectivity index (χ0v) is 23.3. The van der Waals surface area contributed by atoms with Crippen molar-refractivity contribution in [1.29, 1.82) is 5.26 Å². The second-order valence-corrected chi connectivity index (χ2v) is 10.5. The van der Waals surface area contributed by atoms with E-state index in [4.69, 9.17) is 9.47 Å². The van der Waals surface area contributed by atoms with Crippen molar-refractivity contribution in [2.24, 2.45) is 0 Å². The van der Waals surface area contributed by atoms with E-state index in [0.29, 0.717) is 41.6 Å². The fourth-order valence-corrected chi connectivity index (χ4v) is 5.65. The number of nitriles is 1. The topological polar surface area (TPSA) is 91.7 Å². The maximum atomic E-state index is 13.5. The van der Waals surface area contributed by atoms with Crippen LogP contribution in [0.2, 0.25) is 0 Å². The molecule has 1 atom stereocenters. The van der Waals surface area contributed by atoms with Crippen molar-refractivity contribution in [2.75, 3.05) is 25.7 Å². The smallest absolute Gasteiger partial charge is 0.264 e. The van der Waals surface area contributed by atoms with Gasteiger partial charge in [0.1, 0.15) is 16.7 Å². The van der Waals surface area contributed by atoms with E-state index in [1.54, 1.807) is 26.4 Å². The summed E-state index contributed by atoms with van der Waals surface area (Å²) in [6.07, 6.45) is 1.00. The molecule has 3 aromatic carbocycles. The van der Waals surface area contributed by atoms with Crippen LogP contribution in [0.1, 0.15) is 11.1 Å². The first-order valence-electron chi connectivity index (χ1n) is 11.9. The molecule has 1 saturated heterocycles. The maximum absolute atomic E-state index is 13.5.